The van der Waals surface area contributed by atoms with E-state index < -0.39 is 5.60 Å². The molecule has 1 saturated heterocycles. The Hall–Kier alpha value is -2.02. The first-order chi connectivity index (χ1) is 12.0. The van der Waals surface area contributed by atoms with Gasteiger partial charge in [-0.2, -0.15) is 0 Å². The lowest BCUT2D eigenvalue weighted by Crippen LogP contribution is -2.48. The fourth-order valence-corrected chi connectivity index (χ4v) is 2.82. The van der Waals surface area contributed by atoms with E-state index in [2.05, 4.69) is 9.88 Å². The number of hydrogen-bond donors (Lipinski definition) is 1. The number of β-amino-alcohol motifs (C(OH)–C–C–N with tert-alkyl or cyclic N) is 1. The molecule has 2 heterocycles. The van der Waals surface area contributed by atoms with Gasteiger partial charge in [0.15, 0.2) is 0 Å². The summed E-state index contributed by atoms with van der Waals surface area (Å²) < 4.78 is 24.2. The van der Waals surface area contributed by atoms with Crippen molar-refractivity contribution in [1.29, 1.82) is 0 Å². The summed E-state index contributed by atoms with van der Waals surface area (Å²) in [4.78, 5) is 6.44. The van der Waals surface area contributed by atoms with Gasteiger partial charge >= 0.3 is 0 Å². The van der Waals surface area contributed by atoms with Gasteiger partial charge in [0.25, 0.3) is 0 Å². The van der Waals surface area contributed by atoms with Crippen molar-refractivity contribution in [2.45, 2.75) is 19.1 Å². The fourth-order valence-electron chi connectivity index (χ4n) is 2.82. The van der Waals surface area contributed by atoms with Crippen LogP contribution in [0.3, 0.4) is 0 Å². The maximum absolute atomic E-state index is 13.0. The summed E-state index contributed by atoms with van der Waals surface area (Å²) in [5.74, 6) is 0.204. The van der Waals surface area contributed by atoms with E-state index in [4.69, 9.17) is 9.47 Å². The Morgan fingerprint density at radius 3 is 2.80 bits per heavy atom. The Morgan fingerprint density at radius 2 is 2.08 bits per heavy atom. The summed E-state index contributed by atoms with van der Waals surface area (Å²) in [6.45, 7) is 4.65. The van der Waals surface area contributed by atoms with Gasteiger partial charge in [0.05, 0.1) is 13.2 Å². The second kappa shape index (κ2) is 7.91. The topological polar surface area (TPSA) is 54.8 Å². The molecule has 1 aliphatic heterocycles. The van der Waals surface area contributed by atoms with Crippen molar-refractivity contribution < 1.29 is 19.0 Å². The van der Waals surface area contributed by atoms with Gasteiger partial charge in [0.2, 0.25) is 0 Å². The summed E-state index contributed by atoms with van der Waals surface area (Å²) in [5, 5.41) is 10.9. The lowest BCUT2D eigenvalue weighted by Gasteiger charge is -2.30. The quantitative estimate of drug-likeness (QED) is 0.899. The van der Waals surface area contributed by atoms with Crippen LogP contribution in [-0.2, 0) is 11.3 Å². The summed E-state index contributed by atoms with van der Waals surface area (Å²) in [5.41, 5.74) is 0.949. The van der Waals surface area contributed by atoms with Crippen LogP contribution in [0.1, 0.15) is 11.3 Å². The van der Waals surface area contributed by atoms with Crippen molar-refractivity contribution in [3.8, 4) is 5.75 Å². The molecule has 1 aromatic carbocycles. The molecular formula is C19H23FN2O3. The van der Waals surface area contributed by atoms with Gasteiger partial charge in [0.1, 0.15) is 23.8 Å². The zero-order chi connectivity index (χ0) is 17.7. The van der Waals surface area contributed by atoms with Crippen LogP contribution >= 0.6 is 0 Å². The van der Waals surface area contributed by atoms with Crippen LogP contribution in [0, 0.1) is 12.7 Å². The van der Waals surface area contributed by atoms with Crippen LogP contribution in [0.25, 0.3) is 0 Å². The van der Waals surface area contributed by atoms with Crippen LogP contribution in [0.2, 0.25) is 0 Å². The van der Waals surface area contributed by atoms with Gasteiger partial charge in [-0.1, -0.05) is 6.07 Å². The summed E-state index contributed by atoms with van der Waals surface area (Å²) in [7, 11) is 0. The third kappa shape index (κ3) is 5.22. The second-order valence-corrected chi connectivity index (χ2v) is 6.54. The number of aryl methyl sites for hydroxylation is 1. The van der Waals surface area contributed by atoms with Gasteiger partial charge in [-0.25, -0.2) is 4.39 Å². The highest BCUT2D eigenvalue weighted by molar-refractivity contribution is 5.22. The predicted octanol–water partition coefficient (Wildman–Crippen LogP) is 2.17. The molecule has 25 heavy (non-hydrogen) atoms. The van der Waals surface area contributed by atoms with Crippen LogP contribution in [-0.4, -0.2) is 53.5 Å². The molecule has 1 aliphatic rings. The molecule has 5 nitrogen and oxygen atoms in total. The lowest BCUT2D eigenvalue weighted by molar-refractivity contribution is -0.0646. The standard InChI is InChI=1S/C19H23FN2O3/c1-15-2-3-16(10-21-15)11-22-8-9-24-13-19(23,12-22)14-25-18-6-4-17(20)5-7-18/h2-7,10,23H,8-9,11-14H2,1H3/t19-/m0/s1. The SMILES string of the molecule is Cc1ccc(CN2CCOC[C@](O)(COc3ccc(F)cc3)C2)cn1. The summed E-state index contributed by atoms with van der Waals surface area (Å²) in [6.07, 6.45) is 1.86. The number of benzene rings is 1. The number of rotatable bonds is 5. The minimum Gasteiger partial charge on any atom is -0.490 e. The predicted molar refractivity (Wildman–Crippen MR) is 91.9 cm³/mol. The van der Waals surface area contributed by atoms with Crippen LogP contribution in [0.4, 0.5) is 4.39 Å². The minimum atomic E-state index is -1.12. The highest BCUT2D eigenvalue weighted by atomic mass is 19.1. The molecule has 0 spiro atoms. The normalized spacial score (nSPS) is 21.7. The third-order valence-corrected chi connectivity index (χ3v) is 4.14. The van der Waals surface area contributed by atoms with Crippen LogP contribution in [0.5, 0.6) is 5.75 Å². The number of nitrogens with zero attached hydrogens (tertiary/aromatic N) is 2. The van der Waals surface area contributed by atoms with E-state index in [0.29, 0.717) is 25.4 Å². The monoisotopic (exact) mass is 346 g/mol. The van der Waals surface area contributed by atoms with E-state index in [1.807, 2.05) is 25.3 Å². The molecule has 6 heteroatoms. The van der Waals surface area contributed by atoms with Crippen molar-refractivity contribution in [3.05, 3.63) is 59.7 Å². The lowest BCUT2D eigenvalue weighted by atomic mass is 10.1. The van der Waals surface area contributed by atoms with E-state index in [9.17, 15) is 9.50 Å². The molecule has 1 fully saturated rings. The first-order valence-electron chi connectivity index (χ1n) is 8.35. The summed E-state index contributed by atoms with van der Waals surface area (Å²) >= 11 is 0. The molecular weight excluding hydrogens is 323 g/mol. The van der Waals surface area contributed by atoms with Gasteiger partial charge in [-0.05, 0) is 42.8 Å². The zero-order valence-electron chi connectivity index (χ0n) is 14.3. The van der Waals surface area contributed by atoms with Crippen molar-refractivity contribution in [3.63, 3.8) is 0 Å². The molecule has 0 amide bonds. The summed E-state index contributed by atoms with van der Waals surface area (Å²) in [6, 6.07) is 9.78. The maximum Gasteiger partial charge on any atom is 0.134 e. The Bertz CT molecular complexity index is 678. The molecule has 0 unspecified atom stereocenters. The highest BCUT2D eigenvalue weighted by Gasteiger charge is 2.33. The van der Waals surface area contributed by atoms with Gasteiger partial charge in [0, 0.05) is 31.5 Å². The third-order valence-electron chi connectivity index (χ3n) is 4.14. The first-order valence-corrected chi connectivity index (χ1v) is 8.35. The molecule has 0 saturated carbocycles. The number of aliphatic hydroxyl groups is 1. The zero-order valence-corrected chi connectivity index (χ0v) is 14.3. The molecule has 0 aliphatic carbocycles. The molecule has 1 aromatic heterocycles. The van der Waals surface area contributed by atoms with Gasteiger partial charge < -0.3 is 14.6 Å². The van der Waals surface area contributed by atoms with E-state index >= 15 is 0 Å². The molecule has 1 N–H and O–H groups in total. The Kier molecular flexibility index (Phi) is 5.63. The van der Waals surface area contributed by atoms with Crippen molar-refractivity contribution in [2.75, 3.05) is 32.9 Å². The number of hydrogen-bond acceptors (Lipinski definition) is 5. The fraction of sp³-hybridized carbons (Fsp3) is 0.421. The van der Waals surface area contributed by atoms with Crippen LogP contribution < -0.4 is 4.74 Å². The van der Waals surface area contributed by atoms with Crippen molar-refractivity contribution in [2.24, 2.45) is 0 Å². The Labute approximate surface area is 147 Å². The van der Waals surface area contributed by atoms with E-state index in [-0.39, 0.29) is 19.0 Å². The smallest absolute Gasteiger partial charge is 0.134 e. The maximum atomic E-state index is 13.0. The molecule has 2 aromatic rings. The largest absolute Gasteiger partial charge is 0.490 e. The van der Waals surface area contributed by atoms with E-state index in [1.165, 1.54) is 12.1 Å². The number of aromatic nitrogens is 1. The molecule has 0 bridgehead atoms. The van der Waals surface area contributed by atoms with E-state index in [0.717, 1.165) is 17.8 Å². The second-order valence-electron chi connectivity index (χ2n) is 6.54. The number of pyridine rings is 1. The average molecular weight is 346 g/mol. The first kappa shape index (κ1) is 17.8. The van der Waals surface area contributed by atoms with Gasteiger partial charge in [-0.3, -0.25) is 9.88 Å². The number of ether oxygens (including phenoxy) is 2. The number of halogens is 1. The average Bonchev–Trinajstić information content (AvgIpc) is 2.78. The van der Waals surface area contributed by atoms with Gasteiger partial charge in [-0.15, -0.1) is 0 Å². The van der Waals surface area contributed by atoms with Crippen LogP contribution in [0.15, 0.2) is 42.6 Å². The van der Waals surface area contributed by atoms with Crippen molar-refractivity contribution >= 4 is 0 Å². The molecule has 1 atom stereocenters. The molecule has 134 valence electrons. The van der Waals surface area contributed by atoms with E-state index in [1.54, 1.807) is 12.1 Å². The Balaban J connectivity index is 1.61. The van der Waals surface area contributed by atoms with Crippen molar-refractivity contribution in [1.82, 2.24) is 9.88 Å². The molecule has 3 rings (SSSR count). The minimum absolute atomic E-state index is 0.0846. The Morgan fingerprint density at radius 1 is 1.28 bits per heavy atom. The highest BCUT2D eigenvalue weighted by Crippen LogP contribution is 2.18. The molecule has 0 radical (unpaired) electrons.